The van der Waals surface area contributed by atoms with E-state index in [0.29, 0.717) is 56.7 Å². The summed E-state index contributed by atoms with van der Waals surface area (Å²) in [6.45, 7) is 3.99. The number of nitrogens with one attached hydrogen (secondary N) is 2. The van der Waals surface area contributed by atoms with Crippen molar-refractivity contribution in [1.82, 2.24) is 15.3 Å². The zero-order chi connectivity index (χ0) is 23.3. The maximum absolute atomic E-state index is 12.3. The van der Waals surface area contributed by atoms with Crippen LogP contribution in [-0.2, 0) is 15.2 Å². The van der Waals surface area contributed by atoms with Gasteiger partial charge in [0.15, 0.2) is 5.82 Å². The van der Waals surface area contributed by atoms with Crippen LogP contribution in [0.2, 0.25) is 0 Å². The number of amides is 2. The molecule has 11 heteroatoms. The van der Waals surface area contributed by atoms with Crippen molar-refractivity contribution in [3.05, 3.63) is 36.0 Å². The van der Waals surface area contributed by atoms with Crippen LogP contribution < -0.4 is 15.5 Å². The molecule has 0 bridgehead atoms. The number of urea groups is 1. The molecule has 2 saturated heterocycles. The lowest BCUT2D eigenvalue weighted by Crippen LogP contribution is -2.41. The standard InChI is InChI=1S/C22H31N5O5S/c1-33(29,30)15-19-14-20(27-8-12-32-13-9-27)26-21(23-19)16-2-4-17(5-3-16)24-22(28)25-18-6-10-31-11-7-18/h2-5,14,18,29-30H,6-13,15H2,1H3,(H2,24,25,28). The van der Waals surface area contributed by atoms with E-state index in [4.69, 9.17) is 14.5 Å². The summed E-state index contributed by atoms with van der Waals surface area (Å²) in [5.41, 5.74) is 2.01. The van der Waals surface area contributed by atoms with E-state index < -0.39 is 10.6 Å². The molecule has 180 valence electrons. The summed E-state index contributed by atoms with van der Waals surface area (Å²) in [5, 5.41) is 5.83. The van der Waals surface area contributed by atoms with Crippen LogP contribution in [0.4, 0.5) is 16.3 Å². The molecule has 0 unspecified atom stereocenters. The number of carbonyl (C=O) groups excluding carboxylic acids is 1. The van der Waals surface area contributed by atoms with E-state index in [-0.39, 0.29) is 17.8 Å². The van der Waals surface area contributed by atoms with Crippen LogP contribution in [0.15, 0.2) is 30.3 Å². The van der Waals surface area contributed by atoms with Gasteiger partial charge in [-0.05, 0) is 37.1 Å². The minimum atomic E-state index is -2.75. The summed E-state index contributed by atoms with van der Waals surface area (Å²) in [5.74, 6) is 1.29. The molecule has 0 aliphatic carbocycles. The molecular weight excluding hydrogens is 446 g/mol. The number of carbonyl (C=O) groups is 1. The van der Waals surface area contributed by atoms with Gasteiger partial charge in [-0.25, -0.2) is 14.8 Å². The Morgan fingerprint density at radius 2 is 1.76 bits per heavy atom. The fourth-order valence-corrected chi connectivity index (χ4v) is 4.53. The number of hydrogen-bond donors (Lipinski definition) is 4. The second-order valence-electron chi connectivity index (χ2n) is 8.34. The zero-order valence-electron chi connectivity index (χ0n) is 18.7. The minimum Gasteiger partial charge on any atom is -0.381 e. The smallest absolute Gasteiger partial charge is 0.319 e. The van der Waals surface area contributed by atoms with Crippen molar-refractivity contribution in [1.29, 1.82) is 0 Å². The Morgan fingerprint density at radius 3 is 2.42 bits per heavy atom. The Balaban J connectivity index is 1.49. The van der Waals surface area contributed by atoms with Crippen LogP contribution in [0.3, 0.4) is 0 Å². The van der Waals surface area contributed by atoms with Crippen molar-refractivity contribution in [3.8, 4) is 11.4 Å². The van der Waals surface area contributed by atoms with Crippen LogP contribution in [0.5, 0.6) is 0 Å². The molecule has 4 N–H and O–H groups in total. The first-order chi connectivity index (χ1) is 15.9. The van der Waals surface area contributed by atoms with E-state index in [2.05, 4.69) is 20.5 Å². The number of rotatable bonds is 6. The fraction of sp³-hybridized carbons (Fsp3) is 0.500. The maximum Gasteiger partial charge on any atom is 0.319 e. The first kappa shape index (κ1) is 23.7. The number of hydrogen-bond acceptors (Lipinski definition) is 8. The van der Waals surface area contributed by atoms with Gasteiger partial charge < -0.3 is 25.0 Å². The predicted octanol–water partition coefficient (Wildman–Crippen LogP) is 3.16. The molecule has 2 aliphatic heterocycles. The van der Waals surface area contributed by atoms with Crippen LogP contribution in [-0.4, -0.2) is 76.9 Å². The molecule has 0 atom stereocenters. The Labute approximate surface area is 195 Å². The van der Waals surface area contributed by atoms with E-state index in [1.807, 2.05) is 18.2 Å². The van der Waals surface area contributed by atoms with Crippen molar-refractivity contribution in [2.45, 2.75) is 24.6 Å². The third-order valence-corrected chi connectivity index (χ3v) is 6.32. The van der Waals surface area contributed by atoms with Gasteiger partial charge in [0, 0.05) is 55.9 Å². The number of aromatic nitrogens is 2. The van der Waals surface area contributed by atoms with E-state index in [9.17, 15) is 13.9 Å². The molecule has 33 heavy (non-hydrogen) atoms. The lowest BCUT2D eigenvalue weighted by atomic mass is 10.1. The SMILES string of the molecule is CS(O)(O)Cc1cc(N2CCOCC2)nc(-c2ccc(NC(=O)NC3CCOCC3)cc2)n1. The van der Waals surface area contributed by atoms with Gasteiger partial charge in [-0.2, -0.15) is 10.6 Å². The highest BCUT2D eigenvalue weighted by molar-refractivity contribution is 8.23. The molecule has 4 rings (SSSR count). The van der Waals surface area contributed by atoms with Crippen molar-refractivity contribution >= 4 is 28.1 Å². The van der Waals surface area contributed by atoms with Gasteiger partial charge in [0.1, 0.15) is 5.82 Å². The van der Waals surface area contributed by atoms with Gasteiger partial charge >= 0.3 is 6.03 Å². The third-order valence-electron chi connectivity index (χ3n) is 5.48. The highest BCUT2D eigenvalue weighted by Gasteiger charge is 2.19. The number of morpholine rings is 1. The van der Waals surface area contributed by atoms with E-state index in [0.717, 1.165) is 24.2 Å². The normalized spacial score (nSPS) is 18.1. The molecule has 2 aromatic rings. The van der Waals surface area contributed by atoms with E-state index >= 15 is 0 Å². The molecule has 2 aliphatic rings. The van der Waals surface area contributed by atoms with Gasteiger partial charge in [-0.1, -0.05) is 0 Å². The van der Waals surface area contributed by atoms with Gasteiger partial charge in [0.25, 0.3) is 0 Å². The zero-order valence-corrected chi connectivity index (χ0v) is 19.5. The average Bonchev–Trinajstić information content (AvgIpc) is 2.79. The monoisotopic (exact) mass is 477 g/mol. The highest BCUT2D eigenvalue weighted by Crippen LogP contribution is 2.38. The van der Waals surface area contributed by atoms with Crippen molar-refractivity contribution in [3.63, 3.8) is 0 Å². The first-order valence-corrected chi connectivity index (χ1v) is 13.2. The molecule has 1 aromatic carbocycles. The second kappa shape index (κ2) is 10.7. The highest BCUT2D eigenvalue weighted by atomic mass is 32.3. The van der Waals surface area contributed by atoms with Crippen LogP contribution in [0, 0.1) is 0 Å². The molecule has 10 nitrogen and oxygen atoms in total. The first-order valence-electron chi connectivity index (χ1n) is 11.0. The predicted molar refractivity (Wildman–Crippen MR) is 129 cm³/mol. The molecule has 2 fully saturated rings. The molecular formula is C22H31N5O5S. The van der Waals surface area contributed by atoms with Crippen LogP contribution in [0.1, 0.15) is 18.5 Å². The van der Waals surface area contributed by atoms with Crippen molar-refractivity contribution < 1.29 is 23.4 Å². The van der Waals surface area contributed by atoms with Gasteiger partial charge in [0.05, 0.1) is 24.7 Å². The minimum absolute atomic E-state index is 0.0614. The molecule has 2 amide bonds. The molecule has 0 radical (unpaired) electrons. The Morgan fingerprint density at radius 1 is 1.09 bits per heavy atom. The summed E-state index contributed by atoms with van der Waals surface area (Å²) in [6, 6.07) is 8.98. The fourth-order valence-electron chi connectivity index (χ4n) is 3.82. The summed E-state index contributed by atoms with van der Waals surface area (Å²) >= 11 is 0. The number of anilines is 2. The molecule has 0 saturated carbocycles. The summed E-state index contributed by atoms with van der Waals surface area (Å²) in [7, 11) is -2.75. The quantitative estimate of drug-likeness (QED) is 0.499. The summed E-state index contributed by atoms with van der Waals surface area (Å²) in [4.78, 5) is 23.7. The van der Waals surface area contributed by atoms with Gasteiger partial charge in [-0.15, -0.1) is 0 Å². The second-order valence-corrected chi connectivity index (χ2v) is 10.6. The van der Waals surface area contributed by atoms with Crippen LogP contribution in [0.25, 0.3) is 11.4 Å². The third kappa shape index (κ3) is 7.02. The van der Waals surface area contributed by atoms with Gasteiger partial charge in [0.2, 0.25) is 0 Å². The Bertz CT molecular complexity index is 941. The van der Waals surface area contributed by atoms with E-state index in [1.165, 1.54) is 6.26 Å². The molecule has 3 heterocycles. The number of nitrogens with zero attached hydrogens (tertiary/aromatic N) is 3. The Hall–Kier alpha value is -2.44. The summed E-state index contributed by atoms with van der Waals surface area (Å²) < 4.78 is 30.7. The molecule has 1 aromatic heterocycles. The Kier molecular flexibility index (Phi) is 7.66. The van der Waals surface area contributed by atoms with Gasteiger partial charge in [-0.3, -0.25) is 9.11 Å². The maximum atomic E-state index is 12.3. The number of benzene rings is 1. The topological polar surface area (TPSA) is 129 Å². The largest absolute Gasteiger partial charge is 0.381 e. The van der Waals surface area contributed by atoms with Crippen molar-refractivity contribution in [2.24, 2.45) is 0 Å². The van der Waals surface area contributed by atoms with Crippen molar-refractivity contribution in [2.75, 3.05) is 56.0 Å². The average molecular weight is 478 g/mol. The molecule has 0 spiro atoms. The van der Waals surface area contributed by atoms with Crippen LogP contribution >= 0.6 is 10.6 Å². The lowest BCUT2D eigenvalue weighted by Gasteiger charge is -2.30. The summed E-state index contributed by atoms with van der Waals surface area (Å²) in [6.07, 6.45) is 3.04. The lowest BCUT2D eigenvalue weighted by molar-refractivity contribution is 0.0806. The number of ether oxygens (including phenoxy) is 2. The van der Waals surface area contributed by atoms with E-state index in [1.54, 1.807) is 12.1 Å².